The van der Waals surface area contributed by atoms with E-state index >= 15 is 0 Å². The first-order valence-electron chi connectivity index (χ1n) is 7.35. The number of carbonyl (C=O) groups is 1. The van der Waals surface area contributed by atoms with E-state index in [9.17, 15) is 9.18 Å². The van der Waals surface area contributed by atoms with E-state index in [4.69, 9.17) is 4.74 Å². The molecule has 2 N–H and O–H groups in total. The molecule has 22 heavy (non-hydrogen) atoms. The molecule has 0 aliphatic rings. The zero-order chi connectivity index (χ0) is 16.8. The third-order valence-electron chi connectivity index (χ3n) is 2.92. The normalized spacial score (nSPS) is 12.8. The van der Waals surface area contributed by atoms with Gasteiger partial charge in [0.25, 0.3) is 0 Å². The lowest BCUT2D eigenvalue weighted by atomic mass is 10.2. The van der Waals surface area contributed by atoms with Crippen molar-refractivity contribution in [3.63, 3.8) is 0 Å². The number of benzene rings is 1. The van der Waals surface area contributed by atoms with Crippen LogP contribution in [0.4, 0.5) is 9.18 Å². The maximum absolute atomic E-state index is 13.4. The highest BCUT2D eigenvalue weighted by atomic mass is 79.9. The highest BCUT2D eigenvalue weighted by molar-refractivity contribution is 9.10. The van der Waals surface area contributed by atoms with Gasteiger partial charge in [0.15, 0.2) is 0 Å². The molecular formula is C16H24BrFN2O2. The van der Waals surface area contributed by atoms with Crippen LogP contribution in [0.15, 0.2) is 22.7 Å². The van der Waals surface area contributed by atoms with Crippen molar-refractivity contribution in [1.82, 2.24) is 10.6 Å². The Kier molecular flexibility index (Phi) is 7.29. The lowest BCUT2D eigenvalue weighted by molar-refractivity contribution is 0.0502. The SMILES string of the molecule is CCC(CNCc1ccc(Br)c(F)c1)NC(=O)OC(C)(C)C. The van der Waals surface area contributed by atoms with Crippen LogP contribution in [-0.4, -0.2) is 24.3 Å². The summed E-state index contributed by atoms with van der Waals surface area (Å²) in [6.45, 7) is 8.60. The lowest BCUT2D eigenvalue weighted by Gasteiger charge is -2.23. The van der Waals surface area contributed by atoms with Crippen molar-refractivity contribution >= 4 is 22.0 Å². The second-order valence-corrected chi connectivity index (χ2v) is 6.99. The summed E-state index contributed by atoms with van der Waals surface area (Å²) in [7, 11) is 0. The summed E-state index contributed by atoms with van der Waals surface area (Å²) in [5.41, 5.74) is 0.345. The monoisotopic (exact) mass is 374 g/mol. The molecule has 6 heteroatoms. The Labute approximate surface area is 139 Å². The molecule has 1 aromatic carbocycles. The summed E-state index contributed by atoms with van der Waals surface area (Å²) >= 11 is 3.13. The van der Waals surface area contributed by atoms with E-state index in [1.165, 1.54) is 6.07 Å². The lowest BCUT2D eigenvalue weighted by Crippen LogP contribution is -2.43. The van der Waals surface area contributed by atoms with Crippen molar-refractivity contribution in [2.75, 3.05) is 6.54 Å². The maximum atomic E-state index is 13.4. The number of carbonyl (C=O) groups excluding carboxylic acids is 1. The largest absolute Gasteiger partial charge is 0.444 e. The fourth-order valence-electron chi connectivity index (χ4n) is 1.81. The van der Waals surface area contributed by atoms with E-state index in [-0.39, 0.29) is 11.9 Å². The summed E-state index contributed by atoms with van der Waals surface area (Å²) in [5.74, 6) is -0.279. The van der Waals surface area contributed by atoms with Gasteiger partial charge in [-0.15, -0.1) is 0 Å². The standard InChI is InChI=1S/C16H24BrFN2O2/c1-5-12(20-15(21)22-16(2,3)4)10-19-9-11-6-7-13(17)14(18)8-11/h6-8,12,19H,5,9-10H2,1-4H3,(H,20,21). The van der Waals surface area contributed by atoms with Crippen molar-refractivity contribution in [2.45, 2.75) is 52.3 Å². The minimum absolute atomic E-state index is 0.0323. The minimum Gasteiger partial charge on any atom is -0.444 e. The molecule has 124 valence electrons. The Morgan fingerprint density at radius 1 is 1.41 bits per heavy atom. The molecule has 0 aliphatic heterocycles. The van der Waals surface area contributed by atoms with Gasteiger partial charge in [0.05, 0.1) is 4.47 Å². The van der Waals surface area contributed by atoms with E-state index in [2.05, 4.69) is 26.6 Å². The summed E-state index contributed by atoms with van der Waals surface area (Å²) in [5, 5.41) is 6.04. The van der Waals surface area contributed by atoms with Crippen LogP contribution < -0.4 is 10.6 Å². The molecule has 4 nitrogen and oxygen atoms in total. The first-order valence-corrected chi connectivity index (χ1v) is 8.14. The summed E-state index contributed by atoms with van der Waals surface area (Å²) in [4.78, 5) is 11.7. The van der Waals surface area contributed by atoms with Crippen LogP contribution in [0.25, 0.3) is 0 Å². The van der Waals surface area contributed by atoms with Crippen LogP contribution in [-0.2, 0) is 11.3 Å². The molecule has 0 aromatic heterocycles. The van der Waals surface area contributed by atoms with Crippen LogP contribution in [0.2, 0.25) is 0 Å². The van der Waals surface area contributed by atoms with E-state index in [0.717, 1.165) is 12.0 Å². The predicted molar refractivity (Wildman–Crippen MR) is 89.3 cm³/mol. The van der Waals surface area contributed by atoms with E-state index < -0.39 is 11.7 Å². The Bertz CT molecular complexity index is 503. The first kappa shape index (κ1) is 18.9. The predicted octanol–water partition coefficient (Wildman–Crippen LogP) is 3.98. The molecule has 1 unspecified atom stereocenters. The maximum Gasteiger partial charge on any atom is 0.407 e. The van der Waals surface area contributed by atoms with Gasteiger partial charge in [0.1, 0.15) is 11.4 Å². The molecular weight excluding hydrogens is 351 g/mol. The Morgan fingerprint density at radius 3 is 2.64 bits per heavy atom. The number of rotatable bonds is 6. The van der Waals surface area contributed by atoms with Gasteiger partial charge < -0.3 is 15.4 Å². The molecule has 0 bridgehead atoms. The number of amides is 1. The summed E-state index contributed by atoms with van der Waals surface area (Å²) < 4.78 is 19.1. The van der Waals surface area contributed by atoms with Crippen LogP contribution >= 0.6 is 15.9 Å². The Morgan fingerprint density at radius 2 is 2.09 bits per heavy atom. The van der Waals surface area contributed by atoms with Crippen LogP contribution in [0.5, 0.6) is 0 Å². The third-order valence-corrected chi connectivity index (χ3v) is 3.56. The number of hydrogen-bond donors (Lipinski definition) is 2. The molecule has 0 saturated carbocycles. The van der Waals surface area contributed by atoms with Crippen molar-refractivity contribution in [1.29, 1.82) is 0 Å². The van der Waals surface area contributed by atoms with Crippen LogP contribution in [0, 0.1) is 5.82 Å². The zero-order valence-electron chi connectivity index (χ0n) is 13.5. The quantitative estimate of drug-likeness (QED) is 0.791. The summed E-state index contributed by atoms with van der Waals surface area (Å²) in [6.07, 6.45) is 0.358. The second kappa shape index (κ2) is 8.48. The zero-order valence-corrected chi connectivity index (χ0v) is 15.1. The topological polar surface area (TPSA) is 50.4 Å². The van der Waals surface area contributed by atoms with Gasteiger partial charge >= 0.3 is 6.09 Å². The molecule has 1 aromatic rings. The number of halogens is 2. The van der Waals surface area contributed by atoms with Crippen molar-refractivity contribution < 1.29 is 13.9 Å². The molecule has 0 aliphatic carbocycles. The van der Waals surface area contributed by atoms with E-state index in [1.807, 2.05) is 33.8 Å². The first-order chi connectivity index (χ1) is 10.2. The highest BCUT2D eigenvalue weighted by Gasteiger charge is 2.18. The van der Waals surface area contributed by atoms with Crippen molar-refractivity contribution in [3.8, 4) is 0 Å². The van der Waals surface area contributed by atoms with Crippen LogP contribution in [0.1, 0.15) is 39.7 Å². The number of alkyl carbamates (subject to hydrolysis) is 1. The fraction of sp³-hybridized carbons (Fsp3) is 0.562. The number of nitrogens with one attached hydrogen (secondary N) is 2. The van der Waals surface area contributed by atoms with Gasteiger partial charge in [-0.05, 0) is 60.8 Å². The van der Waals surface area contributed by atoms with Gasteiger partial charge in [-0.25, -0.2) is 9.18 Å². The Hall–Kier alpha value is -1.14. The molecule has 0 fully saturated rings. The molecule has 0 saturated heterocycles. The van der Waals surface area contributed by atoms with Gasteiger partial charge in [-0.1, -0.05) is 13.0 Å². The molecule has 0 radical (unpaired) electrons. The third kappa shape index (κ3) is 7.22. The smallest absolute Gasteiger partial charge is 0.407 e. The van der Waals surface area contributed by atoms with Gasteiger partial charge in [0, 0.05) is 19.1 Å². The Balaban J connectivity index is 2.40. The van der Waals surface area contributed by atoms with Gasteiger partial charge in [-0.2, -0.15) is 0 Å². The number of ether oxygens (including phenoxy) is 1. The van der Waals surface area contributed by atoms with Crippen molar-refractivity contribution in [2.24, 2.45) is 0 Å². The van der Waals surface area contributed by atoms with Gasteiger partial charge in [0.2, 0.25) is 0 Å². The number of hydrogen-bond acceptors (Lipinski definition) is 3. The van der Waals surface area contributed by atoms with E-state index in [0.29, 0.717) is 17.6 Å². The molecule has 0 spiro atoms. The minimum atomic E-state index is -0.509. The molecule has 1 amide bonds. The van der Waals surface area contributed by atoms with Crippen molar-refractivity contribution in [3.05, 3.63) is 34.1 Å². The average Bonchev–Trinajstić information content (AvgIpc) is 2.39. The van der Waals surface area contributed by atoms with Crippen LogP contribution in [0.3, 0.4) is 0 Å². The second-order valence-electron chi connectivity index (χ2n) is 6.13. The molecule has 0 heterocycles. The van der Waals surface area contributed by atoms with Gasteiger partial charge in [-0.3, -0.25) is 0 Å². The molecule has 1 rings (SSSR count). The van der Waals surface area contributed by atoms with E-state index in [1.54, 1.807) is 6.07 Å². The molecule has 1 atom stereocenters. The highest BCUT2D eigenvalue weighted by Crippen LogP contribution is 2.16. The summed E-state index contributed by atoms with van der Waals surface area (Å²) in [6, 6.07) is 4.99. The fourth-order valence-corrected chi connectivity index (χ4v) is 2.06. The average molecular weight is 375 g/mol.